The molecule has 28 heavy (non-hydrogen) atoms. The van der Waals surface area contributed by atoms with Gasteiger partial charge in [0.2, 0.25) is 0 Å². The first kappa shape index (κ1) is 15.5. The van der Waals surface area contributed by atoms with Gasteiger partial charge in [0.15, 0.2) is 0 Å². The molecule has 0 unspecified atom stereocenters. The molecule has 0 N–H and O–H groups in total. The Morgan fingerprint density at radius 3 is 2.18 bits per heavy atom. The van der Waals surface area contributed by atoms with Crippen molar-refractivity contribution in [2.45, 2.75) is 6.42 Å². The number of hydrogen-bond donors (Lipinski definition) is 0. The molecule has 0 amide bonds. The minimum atomic E-state index is 0.848. The molecule has 0 aliphatic rings. The second-order valence-electron chi connectivity index (χ2n) is 7.37. The first-order chi connectivity index (χ1) is 13.9. The lowest BCUT2D eigenvalue weighted by molar-refractivity contribution is 0.664. The number of rotatable bonds is 3. The van der Waals surface area contributed by atoms with E-state index in [9.17, 15) is 0 Å². The average Bonchev–Trinajstić information content (AvgIpc) is 3.16. The maximum atomic E-state index is 6.36. The summed E-state index contributed by atoms with van der Waals surface area (Å²) in [7, 11) is 0. The molecule has 132 valence electrons. The van der Waals surface area contributed by atoms with Crippen molar-refractivity contribution >= 4 is 32.7 Å². The molecule has 6 rings (SSSR count). The van der Waals surface area contributed by atoms with E-state index in [1.807, 2.05) is 0 Å². The van der Waals surface area contributed by atoms with Crippen LogP contribution in [-0.4, -0.2) is 0 Å². The minimum absolute atomic E-state index is 0.848. The minimum Gasteiger partial charge on any atom is -0.456 e. The normalized spacial score (nSPS) is 11.7. The predicted molar refractivity (Wildman–Crippen MR) is 117 cm³/mol. The van der Waals surface area contributed by atoms with Crippen molar-refractivity contribution in [3.8, 4) is 11.1 Å². The highest BCUT2D eigenvalue weighted by molar-refractivity contribution is 6.22. The van der Waals surface area contributed by atoms with E-state index in [0.29, 0.717) is 0 Å². The highest BCUT2D eigenvalue weighted by Crippen LogP contribution is 2.39. The van der Waals surface area contributed by atoms with Crippen molar-refractivity contribution < 1.29 is 4.42 Å². The van der Waals surface area contributed by atoms with Crippen LogP contribution in [0.1, 0.15) is 11.1 Å². The lowest BCUT2D eigenvalue weighted by atomic mass is 9.93. The van der Waals surface area contributed by atoms with Gasteiger partial charge in [0.1, 0.15) is 11.2 Å². The Morgan fingerprint density at radius 1 is 0.536 bits per heavy atom. The van der Waals surface area contributed by atoms with Crippen LogP contribution in [0.5, 0.6) is 0 Å². The van der Waals surface area contributed by atoms with E-state index in [1.54, 1.807) is 0 Å². The van der Waals surface area contributed by atoms with Gasteiger partial charge in [0, 0.05) is 17.2 Å². The largest absolute Gasteiger partial charge is 0.456 e. The summed E-state index contributed by atoms with van der Waals surface area (Å²) < 4.78 is 6.36. The van der Waals surface area contributed by atoms with Crippen LogP contribution in [0.15, 0.2) is 101 Å². The van der Waals surface area contributed by atoms with E-state index in [-0.39, 0.29) is 0 Å². The molecule has 0 saturated heterocycles. The SMILES string of the molecule is c1ccc(-c2ccccc2Cc2ccc3ccc4cccc5oc2c3c45)cc1. The molecule has 0 bridgehead atoms. The van der Waals surface area contributed by atoms with Crippen LogP contribution in [0.3, 0.4) is 0 Å². The van der Waals surface area contributed by atoms with Gasteiger partial charge in [0.25, 0.3) is 0 Å². The topological polar surface area (TPSA) is 13.1 Å². The van der Waals surface area contributed by atoms with Crippen LogP contribution in [-0.2, 0) is 6.42 Å². The fourth-order valence-electron chi connectivity index (χ4n) is 4.40. The quantitative estimate of drug-likeness (QED) is 0.300. The van der Waals surface area contributed by atoms with Gasteiger partial charge in [-0.2, -0.15) is 0 Å². The summed E-state index contributed by atoms with van der Waals surface area (Å²) in [4.78, 5) is 0. The standard InChI is InChI=1S/C27H18O/c1-2-7-18(8-3-1)23-11-5-4-9-21(23)17-22-16-15-20-14-13-19-10-6-12-24-25(19)26(20)27(22)28-24/h1-16H,17H2. The number of hydrogen-bond acceptors (Lipinski definition) is 1. The number of benzene rings is 5. The van der Waals surface area contributed by atoms with Crippen LogP contribution in [0, 0.1) is 0 Å². The van der Waals surface area contributed by atoms with E-state index >= 15 is 0 Å². The van der Waals surface area contributed by atoms with Crippen molar-refractivity contribution in [3.05, 3.63) is 108 Å². The van der Waals surface area contributed by atoms with Gasteiger partial charge in [0.05, 0.1) is 0 Å². The Morgan fingerprint density at radius 2 is 1.29 bits per heavy atom. The molecule has 6 aromatic rings. The van der Waals surface area contributed by atoms with Gasteiger partial charge in [-0.1, -0.05) is 91.0 Å². The smallest absolute Gasteiger partial charge is 0.139 e. The van der Waals surface area contributed by atoms with E-state index in [2.05, 4.69) is 97.1 Å². The first-order valence-electron chi connectivity index (χ1n) is 9.67. The van der Waals surface area contributed by atoms with Crippen molar-refractivity contribution in [1.82, 2.24) is 0 Å². The summed E-state index contributed by atoms with van der Waals surface area (Å²) in [5.74, 6) is 0. The Balaban J connectivity index is 1.56. The summed E-state index contributed by atoms with van der Waals surface area (Å²) in [6, 6.07) is 34.4. The summed E-state index contributed by atoms with van der Waals surface area (Å²) >= 11 is 0. The second kappa shape index (κ2) is 5.97. The molecule has 1 heterocycles. The van der Waals surface area contributed by atoms with Gasteiger partial charge in [-0.25, -0.2) is 0 Å². The van der Waals surface area contributed by atoms with Crippen LogP contribution in [0.4, 0.5) is 0 Å². The predicted octanol–water partition coefficient (Wildman–Crippen LogP) is 7.43. The fourth-order valence-corrected chi connectivity index (χ4v) is 4.40. The molecule has 0 spiro atoms. The number of furan rings is 1. The maximum absolute atomic E-state index is 6.36. The zero-order valence-corrected chi connectivity index (χ0v) is 15.4. The third kappa shape index (κ3) is 2.26. The van der Waals surface area contributed by atoms with Crippen molar-refractivity contribution in [3.63, 3.8) is 0 Å². The maximum Gasteiger partial charge on any atom is 0.139 e. The Hall–Kier alpha value is -3.58. The Kier molecular flexibility index (Phi) is 3.30. The van der Waals surface area contributed by atoms with Crippen molar-refractivity contribution in [2.24, 2.45) is 0 Å². The van der Waals surface area contributed by atoms with Crippen LogP contribution >= 0.6 is 0 Å². The van der Waals surface area contributed by atoms with Crippen molar-refractivity contribution in [1.29, 1.82) is 0 Å². The average molecular weight is 358 g/mol. The van der Waals surface area contributed by atoms with Gasteiger partial charge in [-0.15, -0.1) is 0 Å². The lowest BCUT2D eigenvalue weighted by Crippen LogP contribution is -1.93. The van der Waals surface area contributed by atoms with Gasteiger partial charge in [-0.3, -0.25) is 0 Å². The van der Waals surface area contributed by atoms with Crippen molar-refractivity contribution in [2.75, 3.05) is 0 Å². The van der Waals surface area contributed by atoms with E-state index in [0.717, 1.165) is 17.6 Å². The highest BCUT2D eigenvalue weighted by Gasteiger charge is 2.16. The summed E-state index contributed by atoms with van der Waals surface area (Å²) in [6.45, 7) is 0. The summed E-state index contributed by atoms with van der Waals surface area (Å²) in [6.07, 6.45) is 0.848. The molecule has 0 aliphatic carbocycles. The van der Waals surface area contributed by atoms with Gasteiger partial charge in [-0.05, 0) is 39.1 Å². The molecule has 0 fully saturated rings. The zero-order valence-electron chi connectivity index (χ0n) is 15.4. The molecular formula is C27H18O. The van der Waals surface area contributed by atoms with Gasteiger partial charge < -0.3 is 4.42 Å². The molecule has 1 heteroatoms. The lowest BCUT2D eigenvalue weighted by Gasteiger charge is -2.11. The Labute approximate surface area is 163 Å². The molecule has 5 aromatic carbocycles. The monoisotopic (exact) mass is 358 g/mol. The van der Waals surface area contributed by atoms with Crippen LogP contribution in [0.2, 0.25) is 0 Å². The molecule has 0 aliphatic heterocycles. The second-order valence-corrected chi connectivity index (χ2v) is 7.37. The third-order valence-electron chi connectivity index (χ3n) is 5.72. The van der Waals surface area contributed by atoms with E-state index in [1.165, 1.54) is 43.8 Å². The highest BCUT2D eigenvalue weighted by atomic mass is 16.3. The third-order valence-corrected chi connectivity index (χ3v) is 5.72. The molecule has 0 saturated carbocycles. The van der Waals surface area contributed by atoms with E-state index in [4.69, 9.17) is 4.42 Å². The molecule has 1 nitrogen and oxygen atoms in total. The molecule has 1 aromatic heterocycles. The summed E-state index contributed by atoms with van der Waals surface area (Å²) in [5.41, 5.74) is 7.08. The summed E-state index contributed by atoms with van der Waals surface area (Å²) in [5, 5.41) is 4.98. The first-order valence-corrected chi connectivity index (χ1v) is 9.67. The molecule has 0 atom stereocenters. The van der Waals surface area contributed by atoms with Gasteiger partial charge >= 0.3 is 0 Å². The molecular weight excluding hydrogens is 340 g/mol. The fraction of sp³-hybridized carbons (Fsp3) is 0.0370. The molecule has 0 radical (unpaired) electrons. The zero-order chi connectivity index (χ0) is 18.5. The Bertz CT molecular complexity index is 1420. The van der Waals surface area contributed by atoms with Crippen LogP contribution in [0.25, 0.3) is 43.8 Å². The van der Waals surface area contributed by atoms with E-state index < -0.39 is 0 Å². The van der Waals surface area contributed by atoms with Crippen LogP contribution < -0.4 is 0 Å².